The molecule has 22 heavy (non-hydrogen) atoms. The van der Waals surface area contributed by atoms with Gasteiger partial charge in [-0.1, -0.05) is 12.1 Å². The Morgan fingerprint density at radius 2 is 1.73 bits per heavy atom. The van der Waals surface area contributed by atoms with E-state index in [-0.39, 0.29) is 10.6 Å². The van der Waals surface area contributed by atoms with Crippen molar-refractivity contribution in [3.8, 4) is 0 Å². The first-order chi connectivity index (χ1) is 10.7. The molecule has 0 amide bonds. The Morgan fingerprint density at radius 1 is 1.09 bits per heavy atom. The number of piperidine rings is 1. The van der Waals surface area contributed by atoms with Crippen LogP contribution < -0.4 is 10.2 Å². The van der Waals surface area contributed by atoms with Gasteiger partial charge in [-0.2, -0.15) is 0 Å². The third kappa shape index (κ3) is 3.56. The van der Waals surface area contributed by atoms with Crippen LogP contribution in [0.4, 0.5) is 11.4 Å². The van der Waals surface area contributed by atoms with E-state index in [1.807, 2.05) is 12.1 Å². The van der Waals surface area contributed by atoms with Crippen molar-refractivity contribution in [1.82, 2.24) is 5.32 Å². The summed E-state index contributed by atoms with van der Waals surface area (Å²) in [6, 6.07) is 8.11. The number of hydrogen-bond donors (Lipinski definition) is 1. The standard InChI is InChI=1S/C16H23N3O3/c20-19(21)16-4-2-1-3-15(16)18-9-5-13(6-10-18)17-14-7-11-22-12-8-14/h1-4,13-14,17H,5-12H2. The third-order valence-electron chi connectivity index (χ3n) is 4.61. The van der Waals surface area contributed by atoms with E-state index in [0.717, 1.165) is 57.7 Å². The third-order valence-corrected chi connectivity index (χ3v) is 4.61. The number of nitrogens with zero attached hydrogens (tertiary/aromatic N) is 2. The van der Waals surface area contributed by atoms with Crippen molar-refractivity contribution in [2.45, 2.75) is 37.8 Å². The minimum absolute atomic E-state index is 0.207. The molecule has 0 radical (unpaired) electrons. The van der Waals surface area contributed by atoms with Gasteiger partial charge in [-0.25, -0.2) is 0 Å². The highest BCUT2D eigenvalue weighted by Crippen LogP contribution is 2.30. The Morgan fingerprint density at radius 3 is 2.41 bits per heavy atom. The van der Waals surface area contributed by atoms with Crippen LogP contribution in [0.1, 0.15) is 25.7 Å². The molecule has 0 atom stereocenters. The lowest BCUT2D eigenvalue weighted by atomic mass is 10.0. The van der Waals surface area contributed by atoms with E-state index in [4.69, 9.17) is 4.74 Å². The fraction of sp³-hybridized carbons (Fsp3) is 0.625. The first kappa shape index (κ1) is 15.2. The molecule has 2 heterocycles. The van der Waals surface area contributed by atoms with Crippen molar-refractivity contribution < 1.29 is 9.66 Å². The lowest BCUT2D eigenvalue weighted by Crippen LogP contribution is -2.47. The van der Waals surface area contributed by atoms with Gasteiger partial charge in [0.25, 0.3) is 5.69 Å². The Balaban J connectivity index is 1.56. The van der Waals surface area contributed by atoms with Gasteiger partial charge in [-0.3, -0.25) is 10.1 Å². The van der Waals surface area contributed by atoms with Gasteiger partial charge in [0.05, 0.1) is 4.92 Å². The highest BCUT2D eigenvalue weighted by Gasteiger charge is 2.26. The first-order valence-electron chi connectivity index (χ1n) is 8.06. The number of hydrogen-bond acceptors (Lipinski definition) is 5. The molecular weight excluding hydrogens is 282 g/mol. The smallest absolute Gasteiger partial charge is 0.292 e. The SMILES string of the molecule is O=[N+]([O-])c1ccccc1N1CCC(NC2CCOCC2)CC1. The largest absolute Gasteiger partial charge is 0.381 e. The average Bonchev–Trinajstić information content (AvgIpc) is 2.56. The molecule has 6 nitrogen and oxygen atoms in total. The van der Waals surface area contributed by atoms with Crippen LogP contribution in [-0.4, -0.2) is 43.3 Å². The van der Waals surface area contributed by atoms with Crippen LogP contribution in [0.25, 0.3) is 0 Å². The normalized spacial score (nSPS) is 21.0. The van der Waals surface area contributed by atoms with Gasteiger partial charge in [0.2, 0.25) is 0 Å². The molecule has 120 valence electrons. The van der Waals surface area contributed by atoms with Gasteiger partial charge in [0, 0.05) is 44.5 Å². The Hall–Kier alpha value is -1.66. The average molecular weight is 305 g/mol. The van der Waals surface area contributed by atoms with Crippen LogP contribution >= 0.6 is 0 Å². The lowest BCUT2D eigenvalue weighted by Gasteiger charge is -2.36. The maximum absolute atomic E-state index is 11.1. The summed E-state index contributed by atoms with van der Waals surface area (Å²) in [7, 11) is 0. The summed E-state index contributed by atoms with van der Waals surface area (Å²) in [6.45, 7) is 3.44. The van der Waals surface area contributed by atoms with E-state index < -0.39 is 0 Å². The molecule has 0 spiro atoms. The first-order valence-corrected chi connectivity index (χ1v) is 8.06. The van der Waals surface area contributed by atoms with Gasteiger partial charge < -0.3 is 15.0 Å². The summed E-state index contributed by atoms with van der Waals surface area (Å²) in [6.07, 6.45) is 4.24. The van der Waals surface area contributed by atoms with Crippen LogP contribution in [0.3, 0.4) is 0 Å². The lowest BCUT2D eigenvalue weighted by molar-refractivity contribution is -0.384. The highest BCUT2D eigenvalue weighted by atomic mass is 16.6. The molecule has 2 fully saturated rings. The number of nitrogens with one attached hydrogen (secondary N) is 1. The van der Waals surface area contributed by atoms with Crippen molar-refractivity contribution in [2.24, 2.45) is 0 Å². The summed E-state index contributed by atoms with van der Waals surface area (Å²) in [5.41, 5.74) is 0.954. The second-order valence-electron chi connectivity index (χ2n) is 6.06. The molecule has 0 bridgehead atoms. The van der Waals surface area contributed by atoms with Gasteiger partial charge in [0.1, 0.15) is 5.69 Å². The Labute approximate surface area is 130 Å². The molecule has 2 aliphatic heterocycles. The molecule has 0 unspecified atom stereocenters. The molecular formula is C16H23N3O3. The van der Waals surface area contributed by atoms with Crippen molar-refractivity contribution >= 4 is 11.4 Å². The Kier molecular flexibility index (Phi) is 4.90. The van der Waals surface area contributed by atoms with E-state index in [2.05, 4.69) is 10.2 Å². The minimum Gasteiger partial charge on any atom is -0.381 e. The van der Waals surface area contributed by atoms with E-state index >= 15 is 0 Å². The van der Waals surface area contributed by atoms with E-state index in [0.29, 0.717) is 12.1 Å². The number of nitro benzene ring substituents is 1. The molecule has 3 rings (SSSR count). The number of anilines is 1. The van der Waals surface area contributed by atoms with E-state index in [1.165, 1.54) is 0 Å². The van der Waals surface area contributed by atoms with E-state index in [9.17, 15) is 10.1 Å². The quantitative estimate of drug-likeness (QED) is 0.683. The number of rotatable bonds is 4. The number of ether oxygens (including phenoxy) is 1. The van der Waals surface area contributed by atoms with Crippen LogP contribution in [0, 0.1) is 10.1 Å². The predicted molar refractivity (Wildman–Crippen MR) is 85.3 cm³/mol. The molecule has 1 aromatic carbocycles. The van der Waals surface area contributed by atoms with Crippen LogP contribution in [-0.2, 0) is 4.74 Å². The summed E-state index contributed by atoms with van der Waals surface area (Å²) in [5, 5.41) is 14.9. The second-order valence-corrected chi connectivity index (χ2v) is 6.06. The van der Waals surface area contributed by atoms with Crippen molar-refractivity contribution in [1.29, 1.82) is 0 Å². The van der Waals surface area contributed by atoms with Crippen molar-refractivity contribution in [3.63, 3.8) is 0 Å². The fourth-order valence-corrected chi connectivity index (χ4v) is 3.37. The zero-order valence-corrected chi connectivity index (χ0v) is 12.7. The number of nitro groups is 1. The van der Waals surface area contributed by atoms with Crippen LogP contribution in [0.15, 0.2) is 24.3 Å². The monoisotopic (exact) mass is 305 g/mol. The molecule has 1 N–H and O–H groups in total. The molecule has 0 saturated carbocycles. The minimum atomic E-state index is -0.290. The van der Waals surface area contributed by atoms with Crippen molar-refractivity contribution in [2.75, 3.05) is 31.2 Å². The maximum atomic E-state index is 11.1. The molecule has 6 heteroatoms. The van der Waals surface area contributed by atoms with Gasteiger partial charge >= 0.3 is 0 Å². The number of para-hydroxylation sites is 2. The second kappa shape index (κ2) is 7.07. The molecule has 2 aliphatic rings. The van der Waals surface area contributed by atoms with E-state index in [1.54, 1.807) is 12.1 Å². The maximum Gasteiger partial charge on any atom is 0.292 e. The summed E-state index contributed by atoms with van der Waals surface area (Å²) in [5.74, 6) is 0. The fourth-order valence-electron chi connectivity index (χ4n) is 3.37. The van der Waals surface area contributed by atoms with Crippen molar-refractivity contribution in [3.05, 3.63) is 34.4 Å². The summed E-state index contributed by atoms with van der Waals surface area (Å²) >= 11 is 0. The molecule has 1 aromatic rings. The topological polar surface area (TPSA) is 67.6 Å². The van der Waals surface area contributed by atoms with Crippen LogP contribution in [0.2, 0.25) is 0 Å². The van der Waals surface area contributed by atoms with Gasteiger partial charge in [-0.05, 0) is 31.7 Å². The Bertz CT molecular complexity index is 509. The molecule has 2 saturated heterocycles. The zero-order chi connectivity index (χ0) is 15.4. The zero-order valence-electron chi connectivity index (χ0n) is 12.7. The summed E-state index contributed by atoms with van der Waals surface area (Å²) in [4.78, 5) is 13.0. The highest BCUT2D eigenvalue weighted by molar-refractivity contribution is 5.63. The van der Waals surface area contributed by atoms with Gasteiger partial charge in [0.15, 0.2) is 0 Å². The predicted octanol–water partition coefficient (Wildman–Crippen LogP) is 2.33. The van der Waals surface area contributed by atoms with Crippen LogP contribution in [0.5, 0.6) is 0 Å². The number of benzene rings is 1. The molecule has 0 aliphatic carbocycles. The molecule has 0 aromatic heterocycles. The van der Waals surface area contributed by atoms with Gasteiger partial charge in [-0.15, -0.1) is 0 Å². The summed E-state index contributed by atoms with van der Waals surface area (Å²) < 4.78 is 5.39.